The van der Waals surface area contributed by atoms with Gasteiger partial charge in [0.15, 0.2) is 0 Å². The summed E-state index contributed by atoms with van der Waals surface area (Å²) >= 11 is 6.11. The minimum Gasteiger partial charge on any atom is -0.385 e. The fourth-order valence-electron chi connectivity index (χ4n) is 1.74. The normalized spacial score (nSPS) is 13.0. The van der Waals surface area contributed by atoms with Crippen LogP contribution in [0.2, 0.25) is 5.02 Å². The molecule has 1 rings (SSSR count). The lowest BCUT2D eigenvalue weighted by atomic mass is 10.2. The Morgan fingerprint density at radius 2 is 2.12 bits per heavy atom. The fourth-order valence-corrected chi connectivity index (χ4v) is 1.94. The summed E-state index contributed by atoms with van der Waals surface area (Å²) in [6.07, 6.45) is 0.878. The average Bonchev–Trinajstić information content (AvgIpc) is 2.29. The molecule has 0 amide bonds. The number of ether oxygens (including phenoxy) is 1. The smallest absolute Gasteiger partial charge is 0.0477 e. The zero-order valence-electron chi connectivity index (χ0n) is 10.5. The van der Waals surface area contributed by atoms with Crippen molar-refractivity contribution in [3.63, 3.8) is 0 Å². The average molecular weight is 257 g/mol. The number of methoxy groups -OCH3 is 1. The Bertz CT molecular complexity index is 333. The van der Waals surface area contributed by atoms with E-state index in [1.807, 2.05) is 24.3 Å². The quantitative estimate of drug-likeness (QED) is 0.812. The van der Waals surface area contributed by atoms with Crippen LogP contribution in [0.15, 0.2) is 24.3 Å². The standard InChI is InChI=1S/C13H21ClN2O/c1-16(10-12(15)7-8-17-2)9-11-5-3-4-6-13(11)14/h3-6,12H,7-10,15H2,1-2H3. The van der Waals surface area contributed by atoms with Crippen LogP contribution in [0.25, 0.3) is 0 Å². The van der Waals surface area contributed by atoms with E-state index in [0.717, 1.165) is 30.1 Å². The van der Waals surface area contributed by atoms with Crippen molar-refractivity contribution in [3.05, 3.63) is 34.9 Å². The minimum atomic E-state index is 0.141. The molecule has 0 aromatic heterocycles. The van der Waals surface area contributed by atoms with Crippen LogP contribution in [0.3, 0.4) is 0 Å². The van der Waals surface area contributed by atoms with Crippen molar-refractivity contribution in [1.29, 1.82) is 0 Å². The fraction of sp³-hybridized carbons (Fsp3) is 0.538. The maximum Gasteiger partial charge on any atom is 0.0477 e. The first-order chi connectivity index (χ1) is 8.13. The van der Waals surface area contributed by atoms with E-state index in [0.29, 0.717) is 6.61 Å². The monoisotopic (exact) mass is 256 g/mol. The molecule has 2 N–H and O–H groups in total. The molecule has 0 radical (unpaired) electrons. The Hall–Kier alpha value is -0.610. The highest BCUT2D eigenvalue weighted by Gasteiger charge is 2.08. The first kappa shape index (κ1) is 14.5. The second-order valence-corrected chi connectivity index (χ2v) is 4.74. The number of halogens is 1. The summed E-state index contributed by atoms with van der Waals surface area (Å²) in [4.78, 5) is 2.18. The summed E-state index contributed by atoms with van der Waals surface area (Å²) in [5.74, 6) is 0. The van der Waals surface area contributed by atoms with E-state index in [4.69, 9.17) is 22.1 Å². The van der Waals surface area contributed by atoms with Crippen LogP contribution in [-0.2, 0) is 11.3 Å². The van der Waals surface area contributed by atoms with Crippen LogP contribution in [-0.4, -0.2) is 38.3 Å². The molecule has 4 heteroatoms. The van der Waals surface area contributed by atoms with E-state index < -0.39 is 0 Å². The molecule has 0 aliphatic heterocycles. The van der Waals surface area contributed by atoms with Gasteiger partial charge >= 0.3 is 0 Å². The number of benzene rings is 1. The van der Waals surface area contributed by atoms with Gasteiger partial charge in [0.2, 0.25) is 0 Å². The molecule has 96 valence electrons. The zero-order valence-corrected chi connectivity index (χ0v) is 11.3. The predicted octanol–water partition coefficient (Wildman–Crippen LogP) is 2.14. The summed E-state index contributed by atoms with van der Waals surface area (Å²) in [5, 5.41) is 0.810. The van der Waals surface area contributed by atoms with E-state index in [1.165, 1.54) is 0 Å². The van der Waals surface area contributed by atoms with E-state index >= 15 is 0 Å². The molecular weight excluding hydrogens is 236 g/mol. The van der Waals surface area contributed by atoms with Crippen LogP contribution < -0.4 is 5.73 Å². The van der Waals surface area contributed by atoms with Crippen molar-refractivity contribution in [2.45, 2.75) is 19.0 Å². The van der Waals surface area contributed by atoms with Gasteiger partial charge in [0.25, 0.3) is 0 Å². The van der Waals surface area contributed by atoms with Crippen LogP contribution in [0.5, 0.6) is 0 Å². The van der Waals surface area contributed by atoms with Crippen molar-refractivity contribution in [2.24, 2.45) is 5.73 Å². The summed E-state index contributed by atoms with van der Waals surface area (Å²) in [6, 6.07) is 8.04. The van der Waals surface area contributed by atoms with Crippen molar-refractivity contribution in [3.8, 4) is 0 Å². The van der Waals surface area contributed by atoms with Crippen molar-refractivity contribution < 1.29 is 4.74 Å². The second-order valence-electron chi connectivity index (χ2n) is 4.33. The molecule has 3 nitrogen and oxygen atoms in total. The lowest BCUT2D eigenvalue weighted by molar-refractivity contribution is 0.179. The van der Waals surface area contributed by atoms with Crippen LogP contribution in [0.1, 0.15) is 12.0 Å². The third-order valence-corrected chi connectivity index (χ3v) is 3.01. The largest absolute Gasteiger partial charge is 0.385 e. The number of hydrogen-bond donors (Lipinski definition) is 1. The predicted molar refractivity (Wildman–Crippen MR) is 72.3 cm³/mol. The highest BCUT2D eigenvalue weighted by atomic mass is 35.5. The first-order valence-corrected chi connectivity index (χ1v) is 6.17. The molecule has 17 heavy (non-hydrogen) atoms. The number of rotatable bonds is 7. The molecule has 1 aromatic rings. The molecule has 1 atom stereocenters. The maximum absolute atomic E-state index is 6.11. The number of hydrogen-bond acceptors (Lipinski definition) is 3. The van der Waals surface area contributed by atoms with Gasteiger partial charge in [-0.3, -0.25) is 0 Å². The van der Waals surface area contributed by atoms with Gasteiger partial charge < -0.3 is 15.4 Å². The molecular formula is C13H21ClN2O. The number of nitrogens with zero attached hydrogens (tertiary/aromatic N) is 1. The lowest BCUT2D eigenvalue weighted by Gasteiger charge is -2.21. The molecule has 0 bridgehead atoms. The highest BCUT2D eigenvalue weighted by molar-refractivity contribution is 6.31. The Labute approximate surface area is 109 Å². The lowest BCUT2D eigenvalue weighted by Crippen LogP contribution is -2.35. The van der Waals surface area contributed by atoms with Gasteiger partial charge in [0.05, 0.1) is 0 Å². The van der Waals surface area contributed by atoms with E-state index in [-0.39, 0.29) is 6.04 Å². The Balaban J connectivity index is 2.39. The van der Waals surface area contributed by atoms with Gasteiger partial charge in [-0.25, -0.2) is 0 Å². The van der Waals surface area contributed by atoms with Crippen LogP contribution in [0, 0.1) is 0 Å². The Kier molecular flexibility index (Phi) is 6.52. The minimum absolute atomic E-state index is 0.141. The maximum atomic E-state index is 6.11. The molecule has 0 heterocycles. The van der Waals surface area contributed by atoms with Crippen molar-refractivity contribution in [2.75, 3.05) is 27.3 Å². The first-order valence-electron chi connectivity index (χ1n) is 5.80. The van der Waals surface area contributed by atoms with E-state index in [9.17, 15) is 0 Å². The SMILES string of the molecule is COCCC(N)CN(C)Cc1ccccc1Cl. The van der Waals surface area contributed by atoms with Gasteiger partial charge in [0, 0.05) is 37.9 Å². The van der Waals surface area contributed by atoms with Gasteiger partial charge in [-0.15, -0.1) is 0 Å². The Morgan fingerprint density at radius 3 is 2.76 bits per heavy atom. The van der Waals surface area contributed by atoms with Gasteiger partial charge in [-0.1, -0.05) is 29.8 Å². The molecule has 1 aromatic carbocycles. The molecule has 0 saturated carbocycles. The molecule has 0 aliphatic carbocycles. The number of nitrogens with two attached hydrogens (primary N) is 1. The number of likely N-dealkylation sites (N-methyl/N-ethyl adjacent to an activating group) is 1. The second kappa shape index (κ2) is 7.67. The molecule has 0 aliphatic rings. The summed E-state index contributed by atoms with van der Waals surface area (Å²) in [6.45, 7) is 2.37. The van der Waals surface area contributed by atoms with Gasteiger partial charge in [0.1, 0.15) is 0 Å². The van der Waals surface area contributed by atoms with Crippen LogP contribution >= 0.6 is 11.6 Å². The van der Waals surface area contributed by atoms with Gasteiger partial charge in [-0.05, 0) is 25.1 Å². The van der Waals surface area contributed by atoms with E-state index in [1.54, 1.807) is 7.11 Å². The summed E-state index contributed by atoms with van der Waals surface area (Å²) < 4.78 is 5.01. The van der Waals surface area contributed by atoms with Crippen molar-refractivity contribution >= 4 is 11.6 Å². The molecule has 0 spiro atoms. The van der Waals surface area contributed by atoms with Crippen LogP contribution in [0.4, 0.5) is 0 Å². The van der Waals surface area contributed by atoms with Gasteiger partial charge in [-0.2, -0.15) is 0 Å². The third-order valence-electron chi connectivity index (χ3n) is 2.64. The molecule has 0 fully saturated rings. The van der Waals surface area contributed by atoms with Crippen molar-refractivity contribution in [1.82, 2.24) is 4.90 Å². The highest BCUT2D eigenvalue weighted by Crippen LogP contribution is 2.16. The van der Waals surface area contributed by atoms with E-state index in [2.05, 4.69) is 11.9 Å². The molecule has 1 unspecified atom stereocenters. The summed E-state index contributed by atoms with van der Waals surface area (Å²) in [5.41, 5.74) is 7.13. The Morgan fingerprint density at radius 1 is 1.41 bits per heavy atom. The third kappa shape index (κ3) is 5.50. The topological polar surface area (TPSA) is 38.5 Å². The molecule has 0 saturated heterocycles. The zero-order chi connectivity index (χ0) is 12.7. The summed E-state index contributed by atoms with van der Waals surface area (Å²) in [7, 11) is 3.75.